The summed E-state index contributed by atoms with van der Waals surface area (Å²) < 4.78 is 50.9. The fourth-order valence-corrected chi connectivity index (χ4v) is 4.40. The van der Waals surface area contributed by atoms with Crippen molar-refractivity contribution in [2.45, 2.75) is 0 Å². The van der Waals surface area contributed by atoms with Crippen LogP contribution in [0.2, 0.25) is 0 Å². The molecule has 22 heavy (non-hydrogen) atoms. The van der Waals surface area contributed by atoms with Gasteiger partial charge in [-0.1, -0.05) is 0 Å². The predicted octanol–water partition coefficient (Wildman–Crippen LogP) is -3.82. The van der Waals surface area contributed by atoms with Crippen LogP contribution >= 0.6 is 31.3 Å². The number of phosphoric acid groups is 4. The van der Waals surface area contributed by atoms with E-state index in [4.69, 9.17) is 29.4 Å². The van der Waals surface area contributed by atoms with E-state index < -0.39 is 31.3 Å². The van der Waals surface area contributed by atoms with Gasteiger partial charge >= 0.3 is 288 Å². The van der Waals surface area contributed by atoms with Gasteiger partial charge in [-0.05, 0) is 0 Å². The third-order valence-corrected chi connectivity index (χ3v) is 5.63. The van der Waals surface area contributed by atoms with Gasteiger partial charge in [0.15, 0.2) is 0 Å². The Kier molecular flexibility index (Phi) is 38.8. The van der Waals surface area contributed by atoms with E-state index in [2.05, 4.69) is 12.9 Å². The molecule has 2 atom stereocenters. The Balaban J connectivity index is -0.000000128. The van der Waals surface area contributed by atoms with E-state index in [1.807, 2.05) is 0 Å². The Bertz CT molecular complexity index is 419. The molecule has 0 spiro atoms. The van der Waals surface area contributed by atoms with E-state index in [1.54, 1.807) is 0 Å². The third kappa shape index (κ3) is 30.9. The predicted molar refractivity (Wildman–Crippen MR) is 82.7 cm³/mol. The summed E-state index contributed by atoms with van der Waals surface area (Å²) in [6.07, 6.45) is 0. The van der Waals surface area contributed by atoms with Gasteiger partial charge in [-0.3, -0.25) is 0 Å². The first-order valence-electron chi connectivity index (χ1n) is 3.03. The standard InChI is InChI=1S/5K.H6O13P4.5H/c;;;;;1-14(2,3)11-16(7,8)13-17(9,10)12-15(4,5)6;;;;;/h;;;;;(H,7,8)(H,9,10)(H2,1,2,3)(H2,4,5,6);;;;;. The molecule has 0 aromatic rings. The maximum atomic E-state index is 10.7. The molecule has 114 valence electrons. The van der Waals surface area contributed by atoms with Crippen molar-refractivity contribution in [3.63, 3.8) is 0 Å². The van der Waals surface area contributed by atoms with Crippen LogP contribution in [-0.4, -0.2) is 286 Å². The van der Waals surface area contributed by atoms with Crippen LogP contribution < -0.4 is 0 Å². The zero-order chi connectivity index (χ0) is 14.1. The first-order valence-corrected chi connectivity index (χ1v) is 9.08. The average molecular weight is 538 g/mol. The minimum absolute atomic E-state index is 0. The molecule has 0 aromatic heterocycles. The molecule has 22 heteroatoms. The summed E-state index contributed by atoms with van der Waals surface area (Å²) in [7, 11) is -22.6. The van der Waals surface area contributed by atoms with Crippen LogP contribution in [-0.2, 0) is 31.2 Å². The fraction of sp³-hybridized carbons (Fsp3) is 0. The van der Waals surface area contributed by atoms with E-state index in [0.717, 1.165) is 0 Å². The molecule has 0 fully saturated rings. The molecule has 2 unspecified atom stereocenters. The molecular formula is H11K5O13P4. The SMILES string of the molecule is O=P(O)(O)OP(=O)(O)OP(=O)(O)OP(=O)(O)O.[KH].[KH].[KH].[KH].[KH]. The molecule has 0 heterocycles. The molecule has 0 amide bonds. The Hall–Kier alpha value is 8.74. The van der Waals surface area contributed by atoms with E-state index in [-0.39, 0.29) is 257 Å². The summed E-state index contributed by atoms with van der Waals surface area (Å²) in [5.74, 6) is 0. The van der Waals surface area contributed by atoms with Crippen molar-refractivity contribution in [1.29, 1.82) is 0 Å². The van der Waals surface area contributed by atoms with Crippen molar-refractivity contribution < 1.29 is 60.6 Å². The first-order chi connectivity index (χ1) is 7.12. The number of hydrogen-bond donors (Lipinski definition) is 6. The zero-order valence-corrected chi connectivity index (χ0v) is 10.9. The molecule has 6 N–H and O–H groups in total. The molecule has 0 saturated heterocycles. The molecule has 0 saturated carbocycles. The molecule has 0 aliphatic heterocycles. The maximum absolute atomic E-state index is 10.7. The Morgan fingerprint density at radius 1 is 0.455 bits per heavy atom. The summed E-state index contributed by atoms with van der Waals surface area (Å²) in [6.45, 7) is 0. The van der Waals surface area contributed by atoms with Gasteiger partial charge < -0.3 is 29.4 Å². The molecular weight excluding hydrogens is 527 g/mol. The molecule has 0 aromatic carbocycles. The third-order valence-electron chi connectivity index (χ3n) is 0.625. The summed E-state index contributed by atoms with van der Waals surface area (Å²) >= 11 is 0. The van der Waals surface area contributed by atoms with Gasteiger partial charge in [0.2, 0.25) is 0 Å². The fourth-order valence-electron chi connectivity index (χ4n) is 0.429. The molecule has 0 bridgehead atoms. The van der Waals surface area contributed by atoms with Crippen molar-refractivity contribution in [2.24, 2.45) is 0 Å². The Morgan fingerprint density at radius 3 is 0.773 bits per heavy atom. The summed E-state index contributed by atoms with van der Waals surface area (Å²) in [4.78, 5) is 49.4. The van der Waals surface area contributed by atoms with Gasteiger partial charge in [-0.25, -0.2) is 18.3 Å². The number of rotatable bonds is 6. The summed E-state index contributed by atoms with van der Waals surface area (Å²) in [6, 6.07) is 0. The van der Waals surface area contributed by atoms with Crippen LogP contribution in [0.3, 0.4) is 0 Å². The normalized spacial score (nSPS) is 15.9. The second kappa shape index (κ2) is 19.2. The van der Waals surface area contributed by atoms with Gasteiger partial charge in [0, 0.05) is 0 Å². The quantitative estimate of drug-likeness (QED) is 0.141. The second-order valence-electron chi connectivity index (χ2n) is 2.16. The van der Waals surface area contributed by atoms with Crippen LogP contribution in [0.5, 0.6) is 0 Å². The second-order valence-corrected chi connectivity index (χ2v) is 7.96. The molecule has 0 aliphatic rings. The molecule has 0 rings (SSSR count). The van der Waals surface area contributed by atoms with Crippen molar-refractivity contribution >= 4 is 288 Å². The Labute approximate surface area is 337 Å². The summed E-state index contributed by atoms with van der Waals surface area (Å²) in [5.41, 5.74) is 0. The minimum atomic E-state index is -5.77. The van der Waals surface area contributed by atoms with E-state index in [0.29, 0.717) is 0 Å². The van der Waals surface area contributed by atoms with Crippen molar-refractivity contribution in [3.8, 4) is 0 Å². The molecule has 13 nitrogen and oxygen atoms in total. The van der Waals surface area contributed by atoms with Gasteiger partial charge in [0.1, 0.15) is 0 Å². The molecule has 0 radical (unpaired) electrons. The summed E-state index contributed by atoms with van der Waals surface area (Å²) in [5, 5.41) is 0. The van der Waals surface area contributed by atoms with Gasteiger partial charge in [-0.2, -0.15) is 12.9 Å². The van der Waals surface area contributed by atoms with Crippen LogP contribution in [0, 0.1) is 0 Å². The van der Waals surface area contributed by atoms with Gasteiger partial charge in [0.25, 0.3) is 0 Å². The van der Waals surface area contributed by atoms with Crippen molar-refractivity contribution in [1.82, 2.24) is 0 Å². The van der Waals surface area contributed by atoms with Crippen LogP contribution in [0.1, 0.15) is 0 Å². The number of hydrogen-bond acceptors (Lipinski definition) is 7. The van der Waals surface area contributed by atoms with Crippen LogP contribution in [0.15, 0.2) is 0 Å². The van der Waals surface area contributed by atoms with Crippen molar-refractivity contribution in [2.75, 3.05) is 0 Å². The Morgan fingerprint density at radius 2 is 0.636 bits per heavy atom. The zero-order valence-electron chi connectivity index (χ0n) is 7.33. The van der Waals surface area contributed by atoms with Crippen LogP contribution in [0.25, 0.3) is 0 Å². The van der Waals surface area contributed by atoms with Gasteiger partial charge in [0.05, 0.1) is 0 Å². The molecule has 0 aliphatic carbocycles. The van der Waals surface area contributed by atoms with Crippen LogP contribution in [0.4, 0.5) is 0 Å². The van der Waals surface area contributed by atoms with E-state index in [9.17, 15) is 18.3 Å². The average Bonchev–Trinajstić information content (AvgIpc) is 1.65. The topological polar surface area (TPSA) is 217 Å². The first kappa shape index (κ1) is 44.4. The monoisotopic (exact) mass is 538 g/mol. The van der Waals surface area contributed by atoms with E-state index >= 15 is 0 Å². The van der Waals surface area contributed by atoms with Gasteiger partial charge in [-0.15, -0.1) is 0 Å². The van der Waals surface area contributed by atoms with Crippen molar-refractivity contribution in [3.05, 3.63) is 0 Å². The van der Waals surface area contributed by atoms with E-state index in [1.165, 1.54) is 0 Å².